The Kier molecular flexibility index (Phi) is 0.769. The fraction of sp³-hybridized carbons (Fsp3) is 0. The summed E-state index contributed by atoms with van der Waals surface area (Å²) < 4.78 is 0. The largest absolute Gasteiger partial charge is 0 e. The quantitative estimate of drug-likeness (QED) is 0.391. The van der Waals surface area contributed by atoms with E-state index in [1.165, 1.54) is 0 Å². The first-order chi connectivity index (χ1) is 6.00. The van der Waals surface area contributed by atoms with E-state index >= 15 is 0 Å². The topological polar surface area (TPSA) is 0 Å². The highest BCUT2D eigenvalue weighted by Crippen LogP contribution is 2.63. The maximum atomic E-state index is 0.926. The maximum absolute atomic E-state index is 0.926. The van der Waals surface area contributed by atoms with Crippen molar-refractivity contribution in [1.29, 1.82) is 0 Å². The van der Waals surface area contributed by atoms with E-state index in [0.717, 1.165) is 88.2 Å². The Morgan fingerprint density at radius 2 is 0.250 bits per heavy atom. The zero-order valence-electron chi connectivity index (χ0n) is 6.00. The second-order valence-corrected chi connectivity index (χ2v) is 122. The summed E-state index contributed by atoms with van der Waals surface area (Å²) in [5, 5.41) is 0. The molecule has 0 bridgehead atoms. The average Bonchev–Trinajstić information content (AvgIpc) is 1.69. The number of hydrogen-bond donors (Lipinski definition) is 0. The van der Waals surface area contributed by atoms with Gasteiger partial charge in [0.1, 0.15) is 0 Å². The van der Waals surface area contributed by atoms with Crippen LogP contribution in [-0.4, -0.2) is 88.2 Å². The molecule has 6 aliphatic heterocycles. The summed E-state index contributed by atoms with van der Waals surface area (Å²) in [4.78, 5) is 0. The Bertz CT molecular complexity index is 186. The standard InChI is InChI=1S/Si12/c1-2-5-3(1)7-9(5)12-10-6(2)4(1)8(10)11(7)12. The molecule has 0 aliphatic carbocycles. The monoisotopic (exact) mass is 336 g/mol. The SMILES string of the molecule is [Si]12[Si]3[Si]4[Si]1[Si]1[Si]4[Si]4[Si]5[Si]3[Si]2[Si]5[Si]14. The summed E-state index contributed by atoms with van der Waals surface area (Å²) in [6, 6.07) is 0. The molecule has 12 heavy (non-hydrogen) atoms. The molecular formula is Si12. The van der Waals surface area contributed by atoms with Gasteiger partial charge in [0.2, 0.25) is 0 Å². The third-order valence-electron chi connectivity index (χ3n) is 4.50. The van der Waals surface area contributed by atoms with Crippen LogP contribution in [0.15, 0.2) is 0 Å². The molecule has 6 rings (SSSR count). The Morgan fingerprint density at radius 1 is 0.167 bits per heavy atom. The maximum Gasteiger partial charge on any atom is 0 e. The summed E-state index contributed by atoms with van der Waals surface area (Å²) in [5.74, 6) is 0. The molecule has 0 aromatic rings. The lowest BCUT2D eigenvalue weighted by molar-refractivity contribution is 2.76. The van der Waals surface area contributed by atoms with Crippen LogP contribution in [-0.2, 0) is 0 Å². The molecule has 12 heteroatoms. The van der Waals surface area contributed by atoms with Crippen LogP contribution in [0.3, 0.4) is 0 Å². The van der Waals surface area contributed by atoms with E-state index in [9.17, 15) is 0 Å². The summed E-state index contributed by atoms with van der Waals surface area (Å²) in [6.45, 7) is 0. The van der Waals surface area contributed by atoms with Crippen molar-refractivity contribution in [3.63, 3.8) is 0 Å². The highest BCUT2D eigenvalue weighted by Gasteiger charge is 3.01. The lowest BCUT2D eigenvalue weighted by Crippen LogP contribution is -3.38. The third-order valence-corrected chi connectivity index (χ3v) is 364. The minimum Gasteiger partial charge on any atom is 0 e. The molecule has 12 radical (unpaired) electrons. The van der Waals surface area contributed by atoms with E-state index in [4.69, 9.17) is 0 Å². The Hall–Kier alpha value is 2.60. The van der Waals surface area contributed by atoms with Crippen molar-refractivity contribution < 1.29 is 0 Å². The van der Waals surface area contributed by atoms with E-state index in [2.05, 4.69) is 0 Å². The van der Waals surface area contributed by atoms with Crippen molar-refractivity contribution in [2.45, 2.75) is 0 Å². The molecule has 0 aromatic carbocycles. The van der Waals surface area contributed by atoms with Crippen molar-refractivity contribution >= 4 is 88.2 Å². The molecule has 0 nitrogen and oxygen atoms in total. The fourth-order valence-corrected chi connectivity index (χ4v) is 942. The fourth-order valence-electron chi connectivity index (χ4n) is 4.12. The van der Waals surface area contributed by atoms with Crippen LogP contribution in [0.2, 0.25) is 0 Å². The van der Waals surface area contributed by atoms with E-state index in [1.807, 2.05) is 0 Å². The van der Waals surface area contributed by atoms with Gasteiger partial charge in [-0.3, -0.25) is 0 Å². The Morgan fingerprint density at radius 3 is 0.333 bits per heavy atom. The predicted octanol–water partition coefficient (Wildman–Crippen LogP) is -4.57. The van der Waals surface area contributed by atoms with E-state index < -0.39 is 0 Å². The first-order valence-electron chi connectivity index (χ1n) is 4.50. The van der Waals surface area contributed by atoms with Crippen LogP contribution in [0.1, 0.15) is 0 Å². The first-order valence-corrected chi connectivity index (χ1v) is 40.5. The smallest absolute Gasteiger partial charge is 0 e. The van der Waals surface area contributed by atoms with Gasteiger partial charge in [0, 0.05) is 88.2 Å². The highest BCUT2D eigenvalue weighted by molar-refractivity contribution is 8.76. The number of fused-ring (bicyclic) bond motifs is 18. The van der Waals surface area contributed by atoms with E-state index in [0.29, 0.717) is 0 Å². The van der Waals surface area contributed by atoms with Gasteiger partial charge >= 0.3 is 0 Å². The van der Waals surface area contributed by atoms with Crippen molar-refractivity contribution in [1.82, 2.24) is 0 Å². The molecule has 6 heterocycles. The number of hydrogen-bond acceptors (Lipinski definition) is 0. The van der Waals surface area contributed by atoms with Gasteiger partial charge in [-0.15, -0.1) is 0 Å². The van der Waals surface area contributed by atoms with Gasteiger partial charge in [-0.2, -0.15) is 0 Å². The lowest BCUT2D eigenvalue weighted by Gasteiger charge is -3.00. The molecule has 0 spiro atoms. The normalized spacial score (nSPS) is 54.0. The van der Waals surface area contributed by atoms with Gasteiger partial charge in [0.25, 0.3) is 0 Å². The van der Waals surface area contributed by atoms with Crippen LogP contribution in [0.25, 0.3) is 0 Å². The third kappa shape index (κ3) is 0.305. The molecule has 6 fully saturated rings. The van der Waals surface area contributed by atoms with Crippen molar-refractivity contribution in [2.75, 3.05) is 0 Å². The van der Waals surface area contributed by atoms with Crippen LogP contribution < -0.4 is 0 Å². The molecule has 0 atom stereocenters. The highest BCUT2D eigenvalue weighted by atomic mass is 31.1. The molecule has 6 saturated heterocycles. The lowest BCUT2D eigenvalue weighted by atomic mass is 25.1. The average molecular weight is 337 g/mol. The second-order valence-electron chi connectivity index (χ2n) is 4.50. The van der Waals surface area contributed by atoms with Crippen LogP contribution in [0, 0.1) is 0 Å². The molecule has 0 aromatic heterocycles. The Labute approximate surface area is 87.3 Å². The van der Waals surface area contributed by atoms with Crippen molar-refractivity contribution in [3.8, 4) is 0 Å². The van der Waals surface area contributed by atoms with Gasteiger partial charge in [0.05, 0.1) is 0 Å². The minimum absolute atomic E-state index is 0.926. The van der Waals surface area contributed by atoms with Crippen LogP contribution in [0.4, 0.5) is 0 Å². The molecule has 0 unspecified atom stereocenters. The van der Waals surface area contributed by atoms with Crippen molar-refractivity contribution in [3.05, 3.63) is 0 Å². The molecular weight excluding hydrogens is 337 g/mol. The molecule has 0 saturated carbocycles. The summed E-state index contributed by atoms with van der Waals surface area (Å²) in [6.07, 6.45) is 0. The van der Waals surface area contributed by atoms with Crippen LogP contribution in [0.5, 0.6) is 0 Å². The van der Waals surface area contributed by atoms with E-state index in [-0.39, 0.29) is 0 Å². The summed E-state index contributed by atoms with van der Waals surface area (Å²) in [5.41, 5.74) is 0. The summed E-state index contributed by atoms with van der Waals surface area (Å²) in [7, 11) is 11.1. The van der Waals surface area contributed by atoms with Gasteiger partial charge < -0.3 is 0 Å². The van der Waals surface area contributed by atoms with E-state index in [1.54, 1.807) is 0 Å². The minimum atomic E-state index is 0.926. The van der Waals surface area contributed by atoms with Crippen LogP contribution >= 0.6 is 0 Å². The predicted molar refractivity (Wildman–Crippen MR) is 69.0 cm³/mol. The summed E-state index contributed by atoms with van der Waals surface area (Å²) >= 11 is 0. The first kappa shape index (κ1) is 6.37. The van der Waals surface area contributed by atoms with Gasteiger partial charge in [0.15, 0.2) is 0 Å². The molecule has 48 valence electrons. The zero-order valence-corrected chi connectivity index (χ0v) is 18.0. The second kappa shape index (κ2) is 1.45. The Balaban J connectivity index is 1.69. The zero-order chi connectivity index (χ0) is 6.93. The molecule has 0 amide bonds. The van der Waals surface area contributed by atoms with Gasteiger partial charge in [-0.05, 0) is 0 Å². The molecule has 6 aliphatic rings. The van der Waals surface area contributed by atoms with Gasteiger partial charge in [-0.25, -0.2) is 0 Å². The van der Waals surface area contributed by atoms with Gasteiger partial charge in [-0.1, -0.05) is 0 Å². The van der Waals surface area contributed by atoms with Crippen molar-refractivity contribution in [2.24, 2.45) is 0 Å². The molecule has 0 N–H and O–H groups in total. The number of rotatable bonds is 0.